The maximum atomic E-state index is 12.5. The van der Waals surface area contributed by atoms with Crippen molar-refractivity contribution in [2.24, 2.45) is 11.1 Å². The van der Waals surface area contributed by atoms with Crippen molar-refractivity contribution in [1.82, 2.24) is 0 Å². The lowest BCUT2D eigenvalue weighted by Gasteiger charge is -2.32. The lowest BCUT2D eigenvalue weighted by molar-refractivity contribution is -0.126. The molecule has 0 saturated heterocycles. The van der Waals surface area contributed by atoms with Crippen molar-refractivity contribution in [2.45, 2.75) is 39.0 Å². The number of methoxy groups -OCH3 is 1. The third-order valence-corrected chi connectivity index (χ3v) is 4.23. The largest absolute Gasteiger partial charge is 0.496 e. The summed E-state index contributed by atoms with van der Waals surface area (Å²) in [7, 11) is 1.48. The molecule has 21 heavy (non-hydrogen) atoms. The van der Waals surface area contributed by atoms with Crippen molar-refractivity contribution in [1.29, 1.82) is 0 Å². The number of carbonyl (C=O) groups is 2. The molecule has 0 bridgehead atoms. The number of carbonyl (C=O) groups excluding carboxylic acids is 2. The summed E-state index contributed by atoms with van der Waals surface area (Å²) in [6, 6.07) is 4.92. The third-order valence-electron chi connectivity index (χ3n) is 4.23. The van der Waals surface area contributed by atoms with Gasteiger partial charge in [-0.2, -0.15) is 0 Å². The molecule has 1 fully saturated rings. The Hall–Kier alpha value is -2.04. The lowest BCUT2D eigenvalue weighted by Crippen LogP contribution is -2.35. The van der Waals surface area contributed by atoms with Gasteiger partial charge in [0.25, 0.3) is 5.91 Å². The second-order valence-corrected chi connectivity index (χ2v) is 5.85. The molecule has 2 amide bonds. The zero-order valence-electron chi connectivity index (χ0n) is 12.6. The summed E-state index contributed by atoms with van der Waals surface area (Å²) in [5.41, 5.74) is 5.84. The monoisotopic (exact) mass is 290 g/mol. The van der Waals surface area contributed by atoms with E-state index in [-0.39, 0.29) is 16.9 Å². The van der Waals surface area contributed by atoms with Crippen molar-refractivity contribution in [3.63, 3.8) is 0 Å². The Kier molecular flexibility index (Phi) is 4.50. The van der Waals surface area contributed by atoms with Crippen molar-refractivity contribution < 1.29 is 14.3 Å². The molecular formula is C16H22N2O3. The number of nitrogens with two attached hydrogens (primary N) is 1. The highest BCUT2D eigenvalue weighted by Gasteiger charge is 2.34. The minimum atomic E-state index is -0.577. The maximum absolute atomic E-state index is 12.5. The van der Waals surface area contributed by atoms with Gasteiger partial charge < -0.3 is 15.8 Å². The first-order valence-electron chi connectivity index (χ1n) is 7.25. The second-order valence-electron chi connectivity index (χ2n) is 5.85. The zero-order chi connectivity index (χ0) is 15.5. The van der Waals surface area contributed by atoms with Crippen LogP contribution < -0.4 is 15.8 Å². The maximum Gasteiger partial charge on any atom is 0.252 e. The Morgan fingerprint density at radius 2 is 1.90 bits per heavy atom. The highest BCUT2D eigenvalue weighted by atomic mass is 16.5. The van der Waals surface area contributed by atoms with Gasteiger partial charge in [-0.05, 0) is 31.0 Å². The van der Waals surface area contributed by atoms with E-state index in [0.29, 0.717) is 11.4 Å². The predicted octanol–water partition coefficient (Wildman–Crippen LogP) is 2.70. The highest BCUT2D eigenvalue weighted by Crippen LogP contribution is 2.37. The van der Waals surface area contributed by atoms with Crippen LogP contribution in [0, 0.1) is 5.41 Å². The van der Waals surface area contributed by atoms with Gasteiger partial charge in [0.05, 0.1) is 12.7 Å². The molecule has 0 aliphatic heterocycles. The topological polar surface area (TPSA) is 81.4 Å². The Bertz CT molecular complexity index is 548. The van der Waals surface area contributed by atoms with E-state index in [0.717, 1.165) is 25.7 Å². The molecular weight excluding hydrogens is 268 g/mol. The minimum absolute atomic E-state index is 0.00258. The van der Waals surface area contributed by atoms with Gasteiger partial charge >= 0.3 is 0 Å². The fourth-order valence-electron chi connectivity index (χ4n) is 2.82. The Morgan fingerprint density at radius 1 is 1.24 bits per heavy atom. The predicted molar refractivity (Wildman–Crippen MR) is 81.3 cm³/mol. The summed E-state index contributed by atoms with van der Waals surface area (Å²) < 4.78 is 5.09. The van der Waals surface area contributed by atoms with Crippen molar-refractivity contribution in [3.05, 3.63) is 23.8 Å². The Morgan fingerprint density at radius 3 is 2.48 bits per heavy atom. The molecule has 1 aliphatic carbocycles. The van der Waals surface area contributed by atoms with E-state index in [4.69, 9.17) is 10.5 Å². The normalized spacial score (nSPS) is 17.0. The number of primary amides is 1. The number of ether oxygens (including phenoxy) is 1. The van der Waals surface area contributed by atoms with E-state index >= 15 is 0 Å². The van der Waals surface area contributed by atoms with E-state index < -0.39 is 5.91 Å². The van der Waals surface area contributed by atoms with Gasteiger partial charge in [0.1, 0.15) is 5.75 Å². The molecule has 1 saturated carbocycles. The van der Waals surface area contributed by atoms with Gasteiger partial charge in [-0.3, -0.25) is 9.59 Å². The highest BCUT2D eigenvalue weighted by molar-refractivity contribution is 5.99. The fraction of sp³-hybridized carbons (Fsp3) is 0.500. The van der Waals surface area contributed by atoms with E-state index in [2.05, 4.69) is 5.32 Å². The number of anilines is 1. The molecule has 0 heterocycles. The van der Waals surface area contributed by atoms with Crippen LogP contribution in [0.1, 0.15) is 49.4 Å². The minimum Gasteiger partial charge on any atom is -0.496 e. The van der Waals surface area contributed by atoms with E-state index in [9.17, 15) is 9.59 Å². The van der Waals surface area contributed by atoms with Gasteiger partial charge in [0.15, 0.2) is 0 Å². The number of benzene rings is 1. The van der Waals surface area contributed by atoms with Gasteiger partial charge in [-0.25, -0.2) is 0 Å². The SMILES string of the molecule is COc1ccc(NC(=O)C2(C)CCCCC2)cc1C(N)=O. The van der Waals surface area contributed by atoms with Crippen LogP contribution in [-0.4, -0.2) is 18.9 Å². The van der Waals surface area contributed by atoms with Crippen LogP contribution in [0.15, 0.2) is 18.2 Å². The molecule has 0 atom stereocenters. The van der Waals surface area contributed by atoms with Crippen LogP contribution in [0.2, 0.25) is 0 Å². The third kappa shape index (κ3) is 3.35. The second kappa shape index (κ2) is 6.16. The number of rotatable bonds is 4. The molecule has 0 unspecified atom stereocenters. The molecule has 2 rings (SSSR count). The first kappa shape index (κ1) is 15.4. The number of hydrogen-bond acceptors (Lipinski definition) is 3. The molecule has 5 heteroatoms. The standard InChI is InChI=1S/C16H22N2O3/c1-16(8-4-3-5-9-16)15(20)18-11-6-7-13(21-2)12(10-11)14(17)19/h6-7,10H,3-5,8-9H2,1-2H3,(H2,17,19)(H,18,20). The summed E-state index contributed by atoms with van der Waals surface area (Å²) in [6.45, 7) is 2.00. The van der Waals surface area contributed by atoms with Crippen molar-refractivity contribution in [2.75, 3.05) is 12.4 Å². The first-order valence-corrected chi connectivity index (χ1v) is 7.25. The van der Waals surface area contributed by atoms with Crippen LogP contribution in [-0.2, 0) is 4.79 Å². The number of nitrogens with one attached hydrogen (secondary N) is 1. The van der Waals surface area contributed by atoms with Crippen LogP contribution in [0.5, 0.6) is 5.75 Å². The van der Waals surface area contributed by atoms with Crippen LogP contribution >= 0.6 is 0 Å². The summed E-state index contributed by atoms with van der Waals surface area (Å²) >= 11 is 0. The van der Waals surface area contributed by atoms with Gasteiger partial charge in [-0.1, -0.05) is 26.2 Å². The summed E-state index contributed by atoms with van der Waals surface area (Å²) in [4.78, 5) is 23.9. The fourth-order valence-corrected chi connectivity index (χ4v) is 2.82. The average Bonchev–Trinajstić information content (AvgIpc) is 2.47. The summed E-state index contributed by atoms with van der Waals surface area (Å²) in [5.74, 6) is -0.168. The molecule has 1 aromatic carbocycles. The van der Waals surface area contributed by atoms with Crippen molar-refractivity contribution in [3.8, 4) is 5.75 Å². The number of amides is 2. The molecule has 0 radical (unpaired) electrons. The molecule has 0 aromatic heterocycles. The first-order chi connectivity index (χ1) is 9.96. The smallest absolute Gasteiger partial charge is 0.252 e. The Labute approximate surface area is 124 Å². The van der Waals surface area contributed by atoms with E-state index in [1.165, 1.54) is 13.5 Å². The molecule has 0 spiro atoms. The molecule has 3 N–H and O–H groups in total. The van der Waals surface area contributed by atoms with Gasteiger partial charge in [0.2, 0.25) is 5.91 Å². The molecule has 114 valence electrons. The quantitative estimate of drug-likeness (QED) is 0.894. The van der Waals surface area contributed by atoms with Crippen molar-refractivity contribution >= 4 is 17.5 Å². The lowest BCUT2D eigenvalue weighted by atomic mass is 9.75. The molecule has 1 aliphatic rings. The van der Waals surface area contributed by atoms with Crippen LogP contribution in [0.4, 0.5) is 5.69 Å². The average molecular weight is 290 g/mol. The van der Waals surface area contributed by atoms with Gasteiger partial charge in [-0.15, -0.1) is 0 Å². The molecule has 5 nitrogen and oxygen atoms in total. The van der Waals surface area contributed by atoms with Gasteiger partial charge in [0, 0.05) is 11.1 Å². The van der Waals surface area contributed by atoms with E-state index in [1.807, 2.05) is 6.92 Å². The zero-order valence-corrected chi connectivity index (χ0v) is 12.6. The van der Waals surface area contributed by atoms with Crippen LogP contribution in [0.3, 0.4) is 0 Å². The van der Waals surface area contributed by atoms with Crippen LogP contribution in [0.25, 0.3) is 0 Å². The molecule has 1 aromatic rings. The summed E-state index contributed by atoms with van der Waals surface area (Å²) in [5, 5.41) is 2.90. The van der Waals surface area contributed by atoms with E-state index in [1.54, 1.807) is 18.2 Å². The number of hydrogen-bond donors (Lipinski definition) is 2. The Balaban J connectivity index is 2.17. The summed E-state index contributed by atoms with van der Waals surface area (Å²) in [6.07, 6.45) is 5.16.